The lowest BCUT2D eigenvalue weighted by atomic mass is 9.97. The maximum absolute atomic E-state index is 11.7. The van der Waals surface area contributed by atoms with Crippen LogP contribution in [0.2, 0.25) is 0 Å². The molecule has 0 amide bonds. The molecule has 0 aromatic carbocycles. The van der Waals surface area contributed by atoms with Gasteiger partial charge in [-0.1, -0.05) is 0 Å². The summed E-state index contributed by atoms with van der Waals surface area (Å²) in [4.78, 5) is 25.0. The van der Waals surface area contributed by atoms with Crippen LogP contribution >= 0.6 is 0 Å². The van der Waals surface area contributed by atoms with Gasteiger partial charge in [-0.25, -0.2) is 4.79 Å². The molecule has 0 aliphatic carbocycles. The number of ether oxygens (including phenoxy) is 1. The Morgan fingerprint density at radius 3 is 2.79 bits per heavy atom. The zero-order chi connectivity index (χ0) is 16.9. The van der Waals surface area contributed by atoms with Crippen LogP contribution in [0.1, 0.15) is 31.6 Å². The van der Waals surface area contributed by atoms with E-state index in [4.69, 9.17) is 13.6 Å². The van der Waals surface area contributed by atoms with Gasteiger partial charge in [0.25, 0.3) is 11.7 Å². The van der Waals surface area contributed by atoms with Gasteiger partial charge in [0, 0.05) is 5.92 Å². The summed E-state index contributed by atoms with van der Waals surface area (Å²) in [7, 11) is 0. The first-order valence-corrected chi connectivity index (χ1v) is 7.97. The van der Waals surface area contributed by atoms with E-state index >= 15 is 0 Å². The maximum Gasteiger partial charge on any atom is 0.375 e. The quantitative estimate of drug-likeness (QED) is 0.581. The van der Waals surface area contributed by atoms with Crippen molar-refractivity contribution in [2.45, 2.75) is 25.7 Å². The predicted molar refractivity (Wildman–Crippen MR) is 82.1 cm³/mol. The first-order chi connectivity index (χ1) is 11.7. The third-order valence-electron chi connectivity index (χ3n) is 3.98. The van der Waals surface area contributed by atoms with Gasteiger partial charge >= 0.3 is 5.97 Å². The molecule has 0 saturated carbocycles. The monoisotopic (exact) mass is 333 g/mol. The third kappa shape index (κ3) is 3.70. The molecule has 0 unspecified atom stereocenters. The van der Waals surface area contributed by atoms with Crippen LogP contribution < -0.4 is 0 Å². The van der Waals surface area contributed by atoms with Crippen LogP contribution in [0.15, 0.2) is 27.2 Å². The second kappa shape index (κ2) is 7.39. The second-order valence-corrected chi connectivity index (χ2v) is 5.62. The number of hydrogen-bond acceptors (Lipinski definition) is 8. The van der Waals surface area contributed by atoms with E-state index in [-0.39, 0.29) is 19.1 Å². The lowest BCUT2D eigenvalue weighted by Crippen LogP contribution is -2.39. The van der Waals surface area contributed by atoms with Crippen LogP contribution in [0.4, 0.5) is 0 Å². The standard InChI is InChI=1S/C16H19N3O5/c1-2-22-16(21)12(20)10-19-7-5-11(6-8-19)14-17-18-15(24-14)13-4-3-9-23-13/h3-4,9,11H,2,5-8,10H2,1H3. The van der Waals surface area contributed by atoms with Crippen LogP contribution in [0.25, 0.3) is 11.7 Å². The van der Waals surface area contributed by atoms with Crippen molar-refractivity contribution in [3.05, 3.63) is 24.3 Å². The predicted octanol–water partition coefficient (Wildman–Crippen LogP) is 1.64. The lowest BCUT2D eigenvalue weighted by Gasteiger charge is -2.29. The number of nitrogens with zero attached hydrogens (tertiary/aromatic N) is 3. The van der Waals surface area contributed by atoms with E-state index in [2.05, 4.69) is 10.2 Å². The highest BCUT2D eigenvalue weighted by Gasteiger charge is 2.28. The molecule has 3 rings (SSSR count). The van der Waals surface area contributed by atoms with Crippen molar-refractivity contribution in [2.24, 2.45) is 0 Å². The zero-order valence-electron chi connectivity index (χ0n) is 13.4. The Bertz CT molecular complexity index is 686. The normalized spacial score (nSPS) is 16.2. The number of carbonyl (C=O) groups excluding carboxylic acids is 2. The van der Waals surface area contributed by atoms with Gasteiger partial charge in [0.1, 0.15) is 0 Å². The summed E-state index contributed by atoms with van der Waals surface area (Å²) >= 11 is 0. The van der Waals surface area contributed by atoms with Crippen molar-refractivity contribution in [3.63, 3.8) is 0 Å². The number of hydrogen-bond donors (Lipinski definition) is 0. The Kier molecular flexibility index (Phi) is 5.05. The van der Waals surface area contributed by atoms with Crippen LogP contribution in [0.5, 0.6) is 0 Å². The topological polar surface area (TPSA) is 98.7 Å². The zero-order valence-corrected chi connectivity index (χ0v) is 13.4. The Morgan fingerprint density at radius 1 is 1.33 bits per heavy atom. The molecule has 1 fully saturated rings. The summed E-state index contributed by atoms with van der Waals surface area (Å²) in [5.74, 6) is 0.377. The van der Waals surface area contributed by atoms with Crippen molar-refractivity contribution in [1.29, 1.82) is 0 Å². The highest BCUT2D eigenvalue weighted by Crippen LogP contribution is 2.29. The molecule has 1 saturated heterocycles. The molecule has 0 spiro atoms. The van der Waals surface area contributed by atoms with Gasteiger partial charge in [-0.2, -0.15) is 0 Å². The summed E-state index contributed by atoms with van der Waals surface area (Å²) in [5.41, 5.74) is 0. The second-order valence-electron chi connectivity index (χ2n) is 5.62. The fourth-order valence-electron chi connectivity index (χ4n) is 2.72. The molecular weight excluding hydrogens is 314 g/mol. The Labute approximate surface area is 138 Å². The summed E-state index contributed by atoms with van der Waals surface area (Å²) in [6, 6.07) is 3.53. The summed E-state index contributed by atoms with van der Waals surface area (Å²) < 4.78 is 15.6. The number of piperidine rings is 1. The summed E-state index contributed by atoms with van der Waals surface area (Å²) in [6.45, 7) is 3.36. The Hall–Kier alpha value is -2.48. The number of furan rings is 1. The van der Waals surface area contributed by atoms with Gasteiger partial charge in [0.2, 0.25) is 5.89 Å². The van der Waals surface area contributed by atoms with Gasteiger partial charge in [-0.3, -0.25) is 9.69 Å². The first kappa shape index (κ1) is 16.4. The molecule has 0 bridgehead atoms. The molecule has 1 aliphatic heterocycles. The van der Waals surface area contributed by atoms with Crippen LogP contribution in [0.3, 0.4) is 0 Å². The van der Waals surface area contributed by atoms with Gasteiger partial charge in [-0.05, 0) is 45.0 Å². The van der Waals surface area contributed by atoms with Crippen molar-refractivity contribution < 1.29 is 23.2 Å². The van der Waals surface area contributed by atoms with Gasteiger partial charge in [-0.15, -0.1) is 10.2 Å². The molecule has 0 atom stereocenters. The molecule has 0 N–H and O–H groups in total. The molecule has 0 radical (unpaired) electrons. The van der Waals surface area contributed by atoms with E-state index < -0.39 is 11.8 Å². The van der Waals surface area contributed by atoms with Gasteiger partial charge in [0.05, 0.1) is 19.4 Å². The van der Waals surface area contributed by atoms with E-state index in [0.717, 1.165) is 12.8 Å². The first-order valence-electron chi connectivity index (χ1n) is 7.97. The number of Topliss-reactive ketones (excluding diaryl/α,β-unsaturated/α-hetero) is 1. The number of rotatable bonds is 6. The minimum absolute atomic E-state index is 0.0903. The van der Waals surface area contributed by atoms with Crippen LogP contribution in [0, 0.1) is 0 Å². The molecule has 8 heteroatoms. The third-order valence-corrected chi connectivity index (χ3v) is 3.98. The molecule has 8 nitrogen and oxygen atoms in total. The number of likely N-dealkylation sites (tertiary alicyclic amines) is 1. The molecule has 2 aromatic rings. The number of ketones is 1. The SMILES string of the molecule is CCOC(=O)C(=O)CN1CCC(c2nnc(-c3ccco3)o2)CC1. The van der Waals surface area contributed by atoms with E-state index in [1.165, 1.54) is 0 Å². The van der Waals surface area contributed by atoms with Crippen molar-refractivity contribution in [2.75, 3.05) is 26.2 Å². The molecular formula is C16H19N3O5. The maximum atomic E-state index is 11.7. The number of esters is 1. The minimum Gasteiger partial charge on any atom is -0.460 e. The minimum atomic E-state index is -0.764. The van der Waals surface area contributed by atoms with Crippen LogP contribution in [-0.4, -0.2) is 53.1 Å². The van der Waals surface area contributed by atoms with Crippen LogP contribution in [-0.2, 0) is 14.3 Å². The Balaban J connectivity index is 1.52. The fraction of sp³-hybridized carbons (Fsp3) is 0.500. The van der Waals surface area contributed by atoms with E-state index in [1.54, 1.807) is 25.3 Å². The van der Waals surface area contributed by atoms with Gasteiger partial charge in [0.15, 0.2) is 5.76 Å². The highest BCUT2D eigenvalue weighted by atomic mass is 16.5. The molecule has 2 aromatic heterocycles. The Morgan fingerprint density at radius 2 is 2.12 bits per heavy atom. The lowest BCUT2D eigenvalue weighted by molar-refractivity contribution is -0.154. The van der Waals surface area contributed by atoms with Crippen molar-refractivity contribution in [1.82, 2.24) is 15.1 Å². The molecule has 24 heavy (non-hydrogen) atoms. The summed E-state index contributed by atoms with van der Waals surface area (Å²) in [6.07, 6.45) is 3.13. The van der Waals surface area contributed by atoms with E-state index in [1.807, 2.05) is 4.90 Å². The largest absolute Gasteiger partial charge is 0.460 e. The fourth-order valence-corrected chi connectivity index (χ4v) is 2.72. The van der Waals surface area contributed by atoms with Crippen molar-refractivity contribution in [3.8, 4) is 11.7 Å². The molecule has 3 heterocycles. The number of aromatic nitrogens is 2. The molecule has 128 valence electrons. The summed E-state index contributed by atoms with van der Waals surface area (Å²) in [5, 5.41) is 8.10. The highest BCUT2D eigenvalue weighted by molar-refractivity contribution is 6.34. The average Bonchev–Trinajstić information content (AvgIpc) is 3.27. The van der Waals surface area contributed by atoms with E-state index in [9.17, 15) is 9.59 Å². The van der Waals surface area contributed by atoms with Gasteiger partial charge < -0.3 is 13.6 Å². The number of carbonyl (C=O) groups is 2. The average molecular weight is 333 g/mol. The van der Waals surface area contributed by atoms with E-state index in [0.29, 0.717) is 30.6 Å². The molecule has 1 aliphatic rings. The van der Waals surface area contributed by atoms with Crippen molar-refractivity contribution >= 4 is 11.8 Å². The smallest absolute Gasteiger partial charge is 0.375 e.